The van der Waals surface area contributed by atoms with Crippen LogP contribution in [0.25, 0.3) is 0 Å². The third-order valence-electron chi connectivity index (χ3n) is 2.35. The lowest BCUT2D eigenvalue weighted by Gasteiger charge is -2.13. The van der Waals surface area contributed by atoms with E-state index < -0.39 is 6.10 Å². The number of benzene rings is 1. The van der Waals surface area contributed by atoms with Gasteiger partial charge in [-0.3, -0.25) is 0 Å². The lowest BCUT2D eigenvalue weighted by molar-refractivity contribution is 0.173. The van der Waals surface area contributed by atoms with Gasteiger partial charge in [-0.2, -0.15) is 0 Å². The molecule has 0 saturated heterocycles. The van der Waals surface area contributed by atoms with Gasteiger partial charge in [0.25, 0.3) is 0 Å². The van der Waals surface area contributed by atoms with Gasteiger partial charge in [-0.1, -0.05) is 43.7 Å². The second-order valence-electron chi connectivity index (χ2n) is 4.48. The fourth-order valence-corrected chi connectivity index (χ4v) is 1.42. The summed E-state index contributed by atoms with van der Waals surface area (Å²) in [4.78, 5) is 0. The van der Waals surface area contributed by atoms with Gasteiger partial charge in [0.2, 0.25) is 0 Å². The fourth-order valence-electron chi connectivity index (χ4n) is 1.42. The van der Waals surface area contributed by atoms with Crippen molar-refractivity contribution in [3.05, 3.63) is 35.4 Å². The molecule has 1 rings (SSSR count). The van der Waals surface area contributed by atoms with Crippen molar-refractivity contribution in [2.45, 2.75) is 26.9 Å². The number of aliphatic hydroxyl groups excluding tert-OH is 1. The van der Waals surface area contributed by atoms with E-state index in [0.29, 0.717) is 12.5 Å². The van der Waals surface area contributed by atoms with Gasteiger partial charge in [-0.25, -0.2) is 0 Å². The van der Waals surface area contributed by atoms with Crippen molar-refractivity contribution >= 4 is 0 Å². The summed E-state index contributed by atoms with van der Waals surface area (Å²) in [6, 6.07) is 8.02. The molecule has 0 aliphatic rings. The molecular weight excluding hydrogens is 186 g/mol. The first-order valence-electron chi connectivity index (χ1n) is 5.55. The molecule has 1 unspecified atom stereocenters. The van der Waals surface area contributed by atoms with Crippen LogP contribution in [0.15, 0.2) is 24.3 Å². The molecule has 1 aromatic rings. The molecular formula is C13H21NO. The maximum Gasteiger partial charge on any atom is 0.0914 e. The number of aliphatic hydroxyl groups is 1. The van der Waals surface area contributed by atoms with Gasteiger partial charge >= 0.3 is 0 Å². The van der Waals surface area contributed by atoms with Crippen LogP contribution in [0.2, 0.25) is 0 Å². The largest absolute Gasteiger partial charge is 0.387 e. The minimum atomic E-state index is -0.399. The van der Waals surface area contributed by atoms with Crippen LogP contribution in [0.4, 0.5) is 0 Å². The monoisotopic (exact) mass is 207 g/mol. The Kier molecular flexibility index (Phi) is 4.79. The van der Waals surface area contributed by atoms with Crippen molar-refractivity contribution in [1.29, 1.82) is 0 Å². The molecule has 0 heterocycles. The summed E-state index contributed by atoms with van der Waals surface area (Å²) in [5.74, 6) is 0.621. The number of hydrogen-bond donors (Lipinski definition) is 2. The summed E-state index contributed by atoms with van der Waals surface area (Å²) in [7, 11) is 0. The Bertz CT molecular complexity index is 279. The summed E-state index contributed by atoms with van der Waals surface area (Å²) in [5.41, 5.74) is 2.21. The molecule has 0 aliphatic heterocycles. The highest BCUT2D eigenvalue weighted by Crippen LogP contribution is 2.12. The zero-order valence-corrected chi connectivity index (χ0v) is 9.83. The molecule has 2 heteroatoms. The van der Waals surface area contributed by atoms with Crippen LogP contribution in [-0.4, -0.2) is 18.2 Å². The van der Waals surface area contributed by atoms with Gasteiger partial charge in [-0.05, 0) is 24.9 Å². The first-order chi connectivity index (χ1) is 7.09. The summed E-state index contributed by atoms with van der Waals surface area (Å²) < 4.78 is 0. The maximum atomic E-state index is 9.86. The normalized spacial score (nSPS) is 13.1. The highest BCUT2D eigenvalue weighted by molar-refractivity contribution is 5.23. The maximum absolute atomic E-state index is 9.86. The minimum absolute atomic E-state index is 0.399. The van der Waals surface area contributed by atoms with Crippen LogP contribution in [0.3, 0.4) is 0 Å². The van der Waals surface area contributed by atoms with Crippen molar-refractivity contribution in [2.24, 2.45) is 5.92 Å². The third kappa shape index (κ3) is 4.45. The molecule has 0 radical (unpaired) electrons. The highest BCUT2D eigenvalue weighted by Gasteiger charge is 2.06. The van der Waals surface area contributed by atoms with E-state index in [9.17, 15) is 5.11 Å². The summed E-state index contributed by atoms with van der Waals surface area (Å²) in [5, 5.41) is 13.1. The molecule has 1 atom stereocenters. The quantitative estimate of drug-likeness (QED) is 0.776. The zero-order chi connectivity index (χ0) is 11.3. The molecule has 0 bridgehead atoms. The fraction of sp³-hybridized carbons (Fsp3) is 0.538. The van der Waals surface area contributed by atoms with Crippen molar-refractivity contribution in [3.8, 4) is 0 Å². The van der Waals surface area contributed by atoms with Crippen molar-refractivity contribution < 1.29 is 5.11 Å². The van der Waals surface area contributed by atoms with Crippen molar-refractivity contribution in [3.63, 3.8) is 0 Å². The van der Waals surface area contributed by atoms with Gasteiger partial charge in [0, 0.05) is 6.54 Å². The zero-order valence-electron chi connectivity index (χ0n) is 9.83. The molecule has 2 N–H and O–H groups in total. The summed E-state index contributed by atoms with van der Waals surface area (Å²) >= 11 is 0. The van der Waals surface area contributed by atoms with Gasteiger partial charge in [0.05, 0.1) is 6.10 Å². The van der Waals surface area contributed by atoms with Crippen molar-refractivity contribution in [2.75, 3.05) is 13.1 Å². The van der Waals surface area contributed by atoms with Gasteiger partial charge in [0.1, 0.15) is 0 Å². The van der Waals surface area contributed by atoms with E-state index >= 15 is 0 Å². The van der Waals surface area contributed by atoms with E-state index in [0.717, 1.165) is 12.1 Å². The van der Waals surface area contributed by atoms with Crippen LogP contribution < -0.4 is 5.32 Å². The number of aryl methyl sites for hydroxylation is 1. The van der Waals surface area contributed by atoms with E-state index in [4.69, 9.17) is 0 Å². The average molecular weight is 207 g/mol. The van der Waals surface area contributed by atoms with Crippen LogP contribution >= 0.6 is 0 Å². The van der Waals surface area contributed by atoms with Gasteiger partial charge in [-0.15, -0.1) is 0 Å². The molecule has 0 amide bonds. The molecule has 0 aliphatic carbocycles. The third-order valence-corrected chi connectivity index (χ3v) is 2.35. The minimum Gasteiger partial charge on any atom is -0.387 e. The Balaban J connectivity index is 2.40. The van der Waals surface area contributed by atoms with Crippen LogP contribution in [0, 0.1) is 12.8 Å². The van der Waals surface area contributed by atoms with Crippen LogP contribution in [0.5, 0.6) is 0 Å². The lowest BCUT2D eigenvalue weighted by atomic mass is 10.1. The average Bonchev–Trinajstić information content (AvgIpc) is 2.18. The first-order valence-corrected chi connectivity index (χ1v) is 5.55. The van der Waals surface area contributed by atoms with Gasteiger partial charge in [0.15, 0.2) is 0 Å². The van der Waals surface area contributed by atoms with E-state index in [-0.39, 0.29) is 0 Å². The SMILES string of the molecule is Cc1ccc(C(O)CNCC(C)C)cc1. The van der Waals surface area contributed by atoms with E-state index in [1.54, 1.807) is 0 Å². The van der Waals surface area contributed by atoms with Crippen LogP contribution in [-0.2, 0) is 0 Å². The number of hydrogen-bond acceptors (Lipinski definition) is 2. The van der Waals surface area contributed by atoms with E-state index in [2.05, 4.69) is 19.2 Å². The Hall–Kier alpha value is -0.860. The second kappa shape index (κ2) is 5.89. The van der Waals surface area contributed by atoms with Crippen LogP contribution in [0.1, 0.15) is 31.1 Å². The molecule has 0 saturated carbocycles. The molecule has 15 heavy (non-hydrogen) atoms. The Morgan fingerprint density at radius 1 is 1.13 bits per heavy atom. The standard InChI is InChI=1S/C13H21NO/c1-10(2)8-14-9-13(15)12-6-4-11(3)5-7-12/h4-7,10,13-15H,8-9H2,1-3H3. The number of nitrogens with one attached hydrogen (secondary N) is 1. The molecule has 84 valence electrons. The Labute approximate surface area is 92.3 Å². The predicted molar refractivity (Wildman–Crippen MR) is 63.8 cm³/mol. The molecule has 1 aromatic carbocycles. The van der Waals surface area contributed by atoms with Crippen molar-refractivity contribution in [1.82, 2.24) is 5.32 Å². The highest BCUT2D eigenvalue weighted by atomic mass is 16.3. The van der Waals surface area contributed by atoms with E-state index in [1.165, 1.54) is 5.56 Å². The Morgan fingerprint density at radius 2 is 1.73 bits per heavy atom. The smallest absolute Gasteiger partial charge is 0.0914 e. The second-order valence-corrected chi connectivity index (χ2v) is 4.48. The topological polar surface area (TPSA) is 32.3 Å². The van der Waals surface area contributed by atoms with E-state index in [1.807, 2.05) is 31.2 Å². The molecule has 0 spiro atoms. The summed E-state index contributed by atoms with van der Waals surface area (Å²) in [6.45, 7) is 7.94. The molecule has 0 aromatic heterocycles. The van der Waals surface area contributed by atoms with Gasteiger partial charge < -0.3 is 10.4 Å². The number of rotatable bonds is 5. The molecule has 2 nitrogen and oxygen atoms in total. The first kappa shape index (κ1) is 12.2. The molecule has 0 fully saturated rings. The predicted octanol–water partition coefficient (Wildman–Crippen LogP) is 2.27. The summed E-state index contributed by atoms with van der Waals surface area (Å²) in [6.07, 6.45) is -0.399. The Morgan fingerprint density at radius 3 is 2.27 bits per heavy atom. The lowest BCUT2D eigenvalue weighted by Crippen LogP contribution is -2.25.